The van der Waals surface area contributed by atoms with Crippen molar-refractivity contribution >= 4 is 34.3 Å². The van der Waals surface area contributed by atoms with Crippen LogP contribution in [-0.4, -0.2) is 10.9 Å². The summed E-state index contributed by atoms with van der Waals surface area (Å²) in [5.41, 5.74) is 2.74. The zero-order valence-electron chi connectivity index (χ0n) is 11.7. The first-order valence-electron chi connectivity index (χ1n) is 6.52. The molecular weight excluding hydrogens is 300 g/mol. The SMILES string of the molecule is Cc1ccc(C(=O)Nc2cccc(-c3csc(C)n3)c2)s1. The number of nitrogens with zero attached hydrogens (tertiary/aromatic N) is 1. The van der Waals surface area contributed by atoms with E-state index in [0.29, 0.717) is 0 Å². The molecule has 1 amide bonds. The number of thiazole rings is 1. The molecule has 3 nitrogen and oxygen atoms in total. The molecule has 0 fully saturated rings. The molecule has 2 aromatic heterocycles. The van der Waals surface area contributed by atoms with Crippen molar-refractivity contribution in [1.82, 2.24) is 4.98 Å². The van der Waals surface area contributed by atoms with Gasteiger partial charge in [0.25, 0.3) is 5.91 Å². The minimum Gasteiger partial charge on any atom is -0.321 e. The van der Waals surface area contributed by atoms with E-state index in [9.17, 15) is 4.79 Å². The fourth-order valence-corrected chi connectivity index (χ4v) is 3.39. The molecule has 0 spiro atoms. The van der Waals surface area contributed by atoms with Gasteiger partial charge < -0.3 is 5.32 Å². The number of rotatable bonds is 3. The predicted molar refractivity (Wildman–Crippen MR) is 89.3 cm³/mol. The standard InChI is InChI=1S/C16H14N2OS2/c1-10-6-7-15(21-10)16(19)18-13-5-3-4-12(8-13)14-9-20-11(2)17-14/h3-9H,1-2H3,(H,18,19). The lowest BCUT2D eigenvalue weighted by Crippen LogP contribution is -2.09. The van der Waals surface area contributed by atoms with Crippen molar-refractivity contribution in [3.63, 3.8) is 0 Å². The molecule has 0 saturated heterocycles. The second-order valence-electron chi connectivity index (χ2n) is 4.70. The Hall–Kier alpha value is -1.98. The van der Waals surface area contributed by atoms with Gasteiger partial charge in [0.1, 0.15) is 0 Å². The maximum Gasteiger partial charge on any atom is 0.265 e. The molecule has 0 aliphatic heterocycles. The van der Waals surface area contributed by atoms with Gasteiger partial charge in [-0.1, -0.05) is 12.1 Å². The molecule has 0 atom stereocenters. The summed E-state index contributed by atoms with van der Waals surface area (Å²) in [4.78, 5) is 18.5. The number of aryl methyl sites for hydroxylation is 2. The Labute approximate surface area is 131 Å². The highest BCUT2D eigenvalue weighted by molar-refractivity contribution is 7.14. The summed E-state index contributed by atoms with van der Waals surface area (Å²) in [7, 11) is 0. The number of aromatic nitrogens is 1. The van der Waals surface area contributed by atoms with Crippen molar-refractivity contribution < 1.29 is 4.79 Å². The highest BCUT2D eigenvalue weighted by atomic mass is 32.1. The van der Waals surface area contributed by atoms with Gasteiger partial charge in [0.15, 0.2) is 0 Å². The van der Waals surface area contributed by atoms with Crippen LogP contribution in [0.15, 0.2) is 41.8 Å². The van der Waals surface area contributed by atoms with Crippen LogP contribution in [0.25, 0.3) is 11.3 Å². The van der Waals surface area contributed by atoms with Crippen LogP contribution < -0.4 is 5.32 Å². The van der Waals surface area contributed by atoms with Crippen LogP contribution in [-0.2, 0) is 0 Å². The largest absolute Gasteiger partial charge is 0.321 e. The number of amides is 1. The lowest BCUT2D eigenvalue weighted by Gasteiger charge is -2.05. The van der Waals surface area contributed by atoms with Crippen LogP contribution in [0, 0.1) is 13.8 Å². The molecule has 3 rings (SSSR count). The molecular formula is C16H14N2OS2. The zero-order chi connectivity index (χ0) is 14.8. The maximum atomic E-state index is 12.2. The average Bonchev–Trinajstić information content (AvgIpc) is 3.08. The third-order valence-corrected chi connectivity index (χ3v) is 4.77. The average molecular weight is 314 g/mol. The number of anilines is 1. The van der Waals surface area contributed by atoms with Gasteiger partial charge in [0.2, 0.25) is 0 Å². The van der Waals surface area contributed by atoms with Gasteiger partial charge in [-0.2, -0.15) is 0 Å². The van der Waals surface area contributed by atoms with E-state index in [2.05, 4.69) is 10.3 Å². The van der Waals surface area contributed by atoms with E-state index < -0.39 is 0 Å². The number of carbonyl (C=O) groups excluding carboxylic acids is 1. The summed E-state index contributed by atoms with van der Waals surface area (Å²) in [5.74, 6) is -0.0697. The molecule has 0 aliphatic carbocycles. The zero-order valence-corrected chi connectivity index (χ0v) is 13.3. The predicted octanol–water partition coefficient (Wildman–Crippen LogP) is 4.74. The van der Waals surface area contributed by atoms with Gasteiger partial charge in [0.05, 0.1) is 15.6 Å². The third-order valence-electron chi connectivity index (χ3n) is 3.00. The minimum absolute atomic E-state index is 0.0697. The minimum atomic E-state index is -0.0697. The molecule has 5 heteroatoms. The van der Waals surface area contributed by atoms with Gasteiger partial charge in [0, 0.05) is 21.5 Å². The maximum absolute atomic E-state index is 12.2. The molecule has 0 saturated carbocycles. The lowest BCUT2D eigenvalue weighted by molar-refractivity contribution is 0.103. The van der Waals surface area contributed by atoms with E-state index in [1.807, 2.05) is 55.6 Å². The van der Waals surface area contributed by atoms with E-state index in [1.54, 1.807) is 11.3 Å². The number of hydrogen-bond donors (Lipinski definition) is 1. The Balaban J connectivity index is 1.82. The monoisotopic (exact) mass is 314 g/mol. The summed E-state index contributed by atoms with van der Waals surface area (Å²) in [5, 5.41) is 6.00. The second kappa shape index (κ2) is 5.79. The lowest BCUT2D eigenvalue weighted by atomic mass is 10.1. The quantitative estimate of drug-likeness (QED) is 0.758. The second-order valence-corrected chi connectivity index (χ2v) is 7.05. The molecule has 0 aliphatic rings. The van der Waals surface area contributed by atoms with Crippen LogP contribution in [0.1, 0.15) is 19.6 Å². The van der Waals surface area contributed by atoms with Gasteiger partial charge in [-0.05, 0) is 38.1 Å². The first-order valence-corrected chi connectivity index (χ1v) is 8.22. The van der Waals surface area contributed by atoms with Crippen molar-refractivity contribution in [3.05, 3.63) is 56.5 Å². The number of nitrogens with one attached hydrogen (secondary N) is 1. The smallest absolute Gasteiger partial charge is 0.265 e. The van der Waals surface area contributed by atoms with E-state index >= 15 is 0 Å². The molecule has 106 valence electrons. The first kappa shape index (κ1) is 14.0. The van der Waals surface area contributed by atoms with Crippen molar-refractivity contribution in [2.24, 2.45) is 0 Å². The Morgan fingerprint density at radius 1 is 1.19 bits per heavy atom. The highest BCUT2D eigenvalue weighted by Crippen LogP contribution is 2.25. The Bertz CT molecular complexity index is 789. The Morgan fingerprint density at radius 2 is 2.05 bits per heavy atom. The van der Waals surface area contributed by atoms with E-state index in [-0.39, 0.29) is 5.91 Å². The number of benzene rings is 1. The summed E-state index contributed by atoms with van der Waals surface area (Å²) in [6, 6.07) is 11.6. The molecule has 1 aromatic carbocycles. The number of thiophene rings is 1. The topological polar surface area (TPSA) is 42.0 Å². The molecule has 0 radical (unpaired) electrons. The van der Waals surface area contributed by atoms with Gasteiger partial charge in [-0.25, -0.2) is 4.98 Å². The molecule has 0 unspecified atom stereocenters. The normalized spacial score (nSPS) is 10.6. The van der Waals surface area contributed by atoms with Crippen LogP contribution in [0.4, 0.5) is 5.69 Å². The Morgan fingerprint density at radius 3 is 2.71 bits per heavy atom. The van der Waals surface area contributed by atoms with E-state index in [0.717, 1.165) is 31.7 Å². The van der Waals surface area contributed by atoms with Crippen LogP contribution in [0.2, 0.25) is 0 Å². The third kappa shape index (κ3) is 3.20. The van der Waals surface area contributed by atoms with Crippen LogP contribution in [0.5, 0.6) is 0 Å². The number of carbonyl (C=O) groups is 1. The Kier molecular flexibility index (Phi) is 3.86. The van der Waals surface area contributed by atoms with Gasteiger partial charge >= 0.3 is 0 Å². The summed E-state index contributed by atoms with van der Waals surface area (Å²) >= 11 is 3.12. The fraction of sp³-hybridized carbons (Fsp3) is 0.125. The van der Waals surface area contributed by atoms with E-state index in [4.69, 9.17) is 0 Å². The summed E-state index contributed by atoms with van der Waals surface area (Å²) < 4.78 is 0. The fourth-order valence-electron chi connectivity index (χ4n) is 2.00. The molecule has 1 N–H and O–H groups in total. The first-order chi connectivity index (χ1) is 10.1. The van der Waals surface area contributed by atoms with Crippen LogP contribution in [0.3, 0.4) is 0 Å². The van der Waals surface area contributed by atoms with Crippen molar-refractivity contribution in [2.75, 3.05) is 5.32 Å². The van der Waals surface area contributed by atoms with Crippen molar-refractivity contribution in [2.45, 2.75) is 13.8 Å². The molecule has 3 aromatic rings. The van der Waals surface area contributed by atoms with Crippen molar-refractivity contribution in [1.29, 1.82) is 0 Å². The number of hydrogen-bond acceptors (Lipinski definition) is 4. The molecule has 0 bridgehead atoms. The van der Waals surface area contributed by atoms with Crippen LogP contribution >= 0.6 is 22.7 Å². The summed E-state index contributed by atoms with van der Waals surface area (Å²) in [6.45, 7) is 3.98. The summed E-state index contributed by atoms with van der Waals surface area (Å²) in [6.07, 6.45) is 0. The highest BCUT2D eigenvalue weighted by Gasteiger charge is 2.09. The van der Waals surface area contributed by atoms with Gasteiger partial charge in [-0.3, -0.25) is 4.79 Å². The van der Waals surface area contributed by atoms with Gasteiger partial charge in [-0.15, -0.1) is 22.7 Å². The molecule has 21 heavy (non-hydrogen) atoms. The van der Waals surface area contributed by atoms with Crippen molar-refractivity contribution in [3.8, 4) is 11.3 Å². The van der Waals surface area contributed by atoms with E-state index in [1.165, 1.54) is 11.3 Å². The molecule has 2 heterocycles.